The molecule has 0 unspecified atom stereocenters. The van der Waals surface area contributed by atoms with Gasteiger partial charge in [-0.05, 0) is 48.4 Å². The van der Waals surface area contributed by atoms with Crippen molar-refractivity contribution in [1.29, 1.82) is 0 Å². The molecule has 0 bridgehead atoms. The van der Waals surface area contributed by atoms with Crippen LogP contribution in [0.4, 0.5) is 0 Å². The molecule has 2 rings (SSSR count). The minimum absolute atomic E-state index is 0.119. The first-order valence-corrected chi connectivity index (χ1v) is 8.57. The van der Waals surface area contributed by atoms with Gasteiger partial charge in [0.25, 0.3) is 0 Å². The standard InChI is InChI=1S/C15H14ClNO6S/c16-10-2-4-11(5-3-10)24(22,23)17-12(15(20)21)7-9-1-6-13(18)14(19)8-9/h1-6,8,12,17-19H,7H2,(H,20,21)/t12-/m1/s1. The van der Waals surface area contributed by atoms with E-state index >= 15 is 0 Å². The molecule has 128 valence electrons. The van der Waals surface area contributed by atoms with Crippen molar-refractivity contribution in [2.24, 2.45) is 0 Å². The van der Waals surface area contributed by atoms with Crippen LogP contribution in [0.2, 0.25) is 5.02 Å². The number of phenols is 2. The van der Waals surface area contributed by atoms with Crippen molar-refractivity contribution in [1.82, 2.24) is 4.72 Å². The molecular weight excluding hydrogens is 358 g/mol. The van der Waals surface area contributed by atoms with Crippen LogP contribution in [0, 0.1) is 0 Å². The first kappa shape index (κ1) is 18.1. The van der Waals surface area contributed by atoms with Crippen molar-refractivity contribution in [3.63, 3.8) is 0 Å². The van der Waals surface area contributed by atoms with Gasteiger partial charge in [0.15, 0.2) is 11.5 Å². The van der Waals surface area contributed by atoms with E-state index in [9.17, 15) is 28.5 Å². The second-order valence-electron chi connectivity index (χ2n) is 4.99. The van der Waals surface area contributed by atoms with Crippen LogP contribution < -0.4 is 4.72 Å². The summed E-state index contributed by atoms with van der Waals surface area (Å²) in [6.07, 6.45) is -0.212. The van der Waals surface area contributed by atoms with Crippen LogP contribution >= 0.6 is 11.6 Å². The largest absolute Gasteiger partial charge is 0.504 e. The van der Waals surface area contributed by atoms with Gasteiger partial charge in [0.1, 0.15) is 6.04 Å². The average Bonchev–Trinajstić information content (AvgIpc) is 2.50. The Kier molecular flexibility index (Phi) is 5.33. The van der Waals surface area contributed by atoms with E-state index in [1.54, 1.807) is 0 Å². The van der Waals surface area contributed by atoms with E-state index in [4.69, 9.17) is 11.6 Å². The maximum absolute atomic E-state index is 12.3. The summed E-state index contributed by atoms with van der Waals surface area (Å²) in [5.41, 5.74) is 0.344. The summed E-state index contributed by atoms with van der Waals surface area (Å²) in [5, 5.41) is 28.3. The zero-order valence-corrected chi connectivity index (χ0v) is 13.8. The molecule has 0 saturated heterocycles. The molecule has 0 spiro atoms. The number of carboxylic acid groups (broad SMARTS) is 1. The molecule has 0 heterocycles. The number of aromatic hydroxyl groups is 2. The molecule has 24 heavy (non-hydrogen) atoms. The van der Waals surface area contributed by atoms with Gasteiger partial charge >= 0.3 is 5.97 Å². The number of phenolic OH excluding ortho intramolecular Hbond substituents is 2. The Morgan fingerprint density at radius 3 is 2.25 bits per heavy atom. The third-order valence-corrected chi connectivity index (χ3v) is 4.94. The summed E-state index contributed by atoms with van der Waals surface area (Å²) in [5.74, 6) is -2.15. The van der Waals surface area contributed by atoms with Crippen molar-refractivity contribution < 1.29 is 28.5 Å². The van der Waals surface area contributed by atoms with Gasteiger partial charge < -0.3 is 15.3 Å². The van der Waals surface area contributed by atoms with Gasteiger partial charge in [-0.3, -0.25) is 4.79 Å². The maximum Gasteiger partial charge on any atom is 0.322 e. The minimum Gasteiger partial charge on any atom is -0.504 e. The van der Waals surface area contributed by atoms with E-state index in [0.717, 1.165) is 0 Å². The highest BCUT2D eigenvalue weighted by molar-refractivity contribution is 7.89. The fourth-order valence-electron chi connectivity index (χ4n) is 1.98. The number of sulfonamides is 1. The molecule has 0 aliphatic carbocycles. The number of hydrogen-bond donors (Lipinski definition) is 4. The predicted molar refractivity (Wildman–Crippen MR) is 86.7 cm³/mol. The number of carbonyl (C=O) groups is 1. The highest BCUT2D eigenvalue weighted by atomic mass is 35.5. The number of halogens is 1. The third kappa shape index (κ3) is 4.38. The minimum atomic E-state index is -4.06. The monoisotopic (exact) mass is 371 g/mol. The van der Waals surface area contributed by atoms with E-state index in [0.29, 0.717) is 10.6 Å². The number of carboxylic acids is 1. The average molecular weight is 372 g/mol. The molecule has 4 N–H and O–H groups in total. The molecule has 0 amide bonds. The van der Waals surface area contributed by atoms with E-state index in [1.165, 1.54) is 42.5 Å². The van der Waals surface area contributed by atoms with Gasteiger partial charge in [-0.1, -0.05) is 17.7 Å². The van der Waals surface area contributed by atoms with Crippen molar-refractivity contribution in [3.05, 3.63) is 53.1 Å². The highest BCUT2D eigenvalue weighted by Gasteiger charge is 2.26. The lowest BCUT2D eigenvalue weighted by Gasteiger charge is -2.15. The van der Waals surface area contributed by atoms with E-state index in [-0.39, 0.29) is 17.1 Å². The predicted octanol–water partition coefficient (Wildman–Crippen LogP) is 1.73. The van der Waals surface area contributed by atoms with Crippen molar-refractivity contribution in [2.45, 2.75) is 17.4 Å². The zero-order valence-electron chi connectivity index (χ0n) is 12.2. The molecule has 0 aliphatic rings. The Balaban J connectivity index is 2.23. The number of aliphatic carboxylic acids is 1. The van der Waals surface area contributed by atoms with E-state index in [1.807, 2.05) is 0 Å². The SMILES string of the molecule is O=C(O)[C@@H](Cc1ccc(O)c(O)c1)NS(=O)(=O)c1ccc(Cl)cc1. The Morgan fingerprint density at radius 2 is 1.71 bits per heavy atom. The lowest BCUT2D eigenvalue weighted by molar-refractivity contribution is -0.138. The molecule has 2 aromatic rings. The van der Waals surface area contributed by atoms with Gasteiger partial charge in [-0.2, -0.15) is 4.72 Å². The lowest BCUT2D eigenvalue weighted by atomic mass is 10.1. The molecule has 0 saturated carbocycles. The maximum atomic E-state index is 12.3. The van der Waals surface area contributed by atoms with Crippen LogP contribution in [0.25, 0.3) is 0 Å². The van der Waals surface area contributed by atoms with Crippen LogP contribution in [0.5, 0.6) is 11.5 Å². The van der Waals surface area contributed by atoms with Gasteiger partial charge in [0.05, 0.1) is 4.90 Å². The van der Waals surface area contributed by atoms with Crippen LogP contribution in [-0.2, 0) is 21.2 Å². The molecule has 7 nitrogen and oxygen atoms in total. The first-order valence-electron chi connectivity index (χ1n) is 6.70. The Hall–Kier alpha value is -2.29. The van der Waals surface area contributed by atoms with Crippen molar-refractivity contribution in [3.8, 4) is 11.5 Å². The van der Waals surface area contributed by atoms with Crippen LogP contribution in [0.3, 0.4) is 0 Å². The van der Waals surface area contributed by atoms with Crippen LogP contribution in [0.1, 0.15) is 5.56 Å². The fourth-order valence-corrected chi connectivity index (χ4v) is 3.30. The lowest BCUT2D eigenvalue weighted by Crippen LogP contribution is -2.42. The Labute approximate surface area is 143 Å². The molecule has 0 aromatic heterocycles. The van der Waals surface area contributed by atoms with Crippen molar-refractivity contribution in [2.75, 3.05) is 0 Å². The summed E-state index contributed by atoms with van der Waals surface area (Å²) >= 11 is 5.70. The molecule has 0 aliphatic heterocycles. The first-order chi connectivity index (χ1) is 11.2. The molecule has 2 aromatic carbocycles. The van der Waals surface area contributed by atoms with Crippen LogP contribution in [-0.4, -0.2) is 35.7 Å². The summed E-state index contributed by atoms with van der Waals surface area (Å²) in [4.78, 5) is 11.2. The summed E-state index contributed by atoms with van der Waals surface area (Å²) in [6, 6.07) is 7.58. The Morgan fingerprint density at radius 1 is 1.08 bits per heavy atom. The molecule has 0 radical (unpaired) electrons. The normalized spacial score (nSPS) is 12.7. The van der Waals surface area contributed by atoms with E-state index < -0.39 is 27.8 Å². The van der Waals surface area contributed by atoms with Gasteiger partial charge in [-0.25, -0.2) is 8.42 Å². The van der Waals surface area contributed by atoms with Gasteiger partial charge in [-0.15, -0.1) is 0 Å². The zero-order chi connectivity index (χ0) is 17.9. The molecular formula is C15H14ClNO6S. The number of hydrogen-bond acceptors (Lipinski definition) is 5. The number of rotatable bonds is 6. The summed E-state index contributed by atoms with van der Waals surface area (Å²) in [6.45, 7) is 0. The van der Waals surface area contributed by atoms with Crippen molar-refractivity contribution >= 4 is 27.6 Å². The van der Waals surface area contributed by atoms with Gasteiger partial charge in [0, 0.05) is 5.02 Å². The van der Waals surface area contributed by atoms with Crippen LogP contribution in [0.15, 0.2) is 47.4 Å². The summed E-state index contributed by atoms with van der Waals surface area (Å²) < 4.78 is 26.6. The molecule has 1 atom stereocenters. The van der Waals surface area contributed by atoms with Gasteiger partial charge in [0.2, 0.25) is 10.0 Å². The Bertz CT molecular complexity index is 851. The quantitative estimate of drug-likeness (QED) is 0.573. The second-order valence-corrected chi connectivity index (χ2v) is 7.14. The second kappa shape index (κ2) is 7.08. The highest BCUT2D eigenvalue weighted by Crippen LogP contribution is 2.25. The number of benzene rings is 2. The van der Waals surface area contributed by atoms with E-state index in [2.05, 4.69) is 4.72 Å². The summed E-state index contributed by atoms with van der Waals surface area (Å²) in [7, 11) is -4.06. The molecule has 9 heteroatoms. The third-order valence-electron chi connectivity index (χ3n) is 3.20. The number of nitrogens with one attached hydrogen (secondary N) is 1. The molecule has 0 fully saturated rings. The fraction of sp³-hybridized carbons (Fsp3) is 0.133. The smallest absolute Gasteiger partial charge is 0.322 e. The topological polar surface area (TPSA) is 124 Å².